The Morgan fingerprint density at radius 1 is 1.03 bits per heavy atom. The minimum atomic E-state index is -0.621. The molecule has 2 saturated heterocycles. The lowest BCUT2D eigenvalue weighted by Gasteiger charge is -2.55. The number of benzene rings is 2. The molecule has 196 valence electrons. The highest BCUT2D eigenvalue weighted by Crippen LogP contribution is 2.33. The van der Waals surface area contributed by atoms with E-state index in [4.69, 9.17) is 0 Å². The average Bonchev–Trinajstić information content (AvgIpc) is 3.41. The fraction of sp³-hybridized carbons (Fsp3) is 0.345. The van der Waals surface area contributed by atoms with Gasteiger partial charge in [-0.15, -0.1) is 11.8 Å². The number of carbonyl (C=O) groups excluding carboxylic acids is 2. The van der Waals surface area contributed by atoms with Crippen molar-refractivity contribution in [3.05, 3.63) is 89.5 Å². The van der Waals surface area contributed by atoms with Gasteiger partial charge < -0.3 is 14.9 Å². The molecule has 38 heavy (non-hydrogen) atoms. The number of carbonyl (C=O) groups is 2. The molecule has 1 N–H and O–H groups in total. The molecule has 2 amide bonds. The molecular formula is C29H31N5O3S. The van der Waals surface area contributed by atoms with E-state index in [1.54, 1.807) is 28.8 Å². The van der Waals surface area contributed by atoms with Gasteiger partial charge in [0.25, 0.3) is 0 Å². The Labute approximate surface area is 226 Å². The molecule has 0 aromatic heterocycles. The molecule has 3 heterocycles. The Morgan fingerprint density at radius 2 is 1.82 bits per heavy atom. The number of thioether (sulfide) groups is 1. The van der Waals surface area contributed by atoms with E-state index in [9.17, 15) is 14.7 Å². The molecule has 2 aromatic rings. The number of likely N-dealkylation sites (N-methyl/N-ethyl adjacent to an activating group) is 1. The van der Waals surface area contributed by atoms with Crippen LogP contribution in [0.2, 0.25) is 0 Å². The Bertz CT molecular complexity index is 1300. The second-order valence-corrected chi connectivity index (χ2v) is 11.2. The average molecular weight is 530 g/mol. The van der Waals surface area contributed by atoms with Crippen molar-refractivity contribution in [1.29, 1.82) is 0 Å². The number of aliphatic imine (C=N–C) groups is 1. The predicted molar refractivity (Wildman–Crippen MR) is 148 cm³/mol. The van der Waals surface area contributed by atoms with E-state index in [0.717, 1.165) is 16.7 Å². The SMILES string of the molecule is CN1C2CN(CC3=CC=CC4SC=NC34)C(=O)C(Cc3ccc(O)cc3)N2C(=O)CN1Cc1ccccc1. The van der Waals surface area contributed by atoms with Gasteiger partial charge in [-0.2, -0.15) is 0 Å². The summed E-state index contributed by atoms with van der Waals surface area (Å²) in [5, 5.41) is 14.2. The largest absolute Gasteiger partial charge is 0.508 e. The molecule has 4 aliphatic rings. The summed E-state index contributed by atoms with van der Waals surface area (Å²) in [5.41, 5.74) is 5.06. The van der Waals surface area contributed by atoms with E-state index in [2.05, 4.69) is 45.4 Å². The standard InChI is InChI=1S/C29H31N5O3S/c1-31-26-17-32(16-22-8-5-9-25-28(22)30-19-38-25)29(37)24(14-20-10-12-23(35)13-11-20)34(26)27(36)18-33(31)15-21-6-3-2-4-7-21/h2-13,19,24-26,28,35H,14-18H2,1H3. The minimum absolute atomic E-state index is 0.0440. The number of phenolic OH excluding ortho intramolecular Hbond substituents is 1. The number of hydrogen-bond acceptors (Lipinski definition) is 7. The van der Waals surface area contributed by atoms with E-state index >= 15 is 0 Å². The van der Waals surface area contributed by atoms with Crippen LogP contribution in [0.4, 0.5) is 0 Å². The van der Waals surface area contributed by atoms with E-state index in [1.165, 1.54) is 0 Å². The van der Waals surface area contributed by atoms with Gasteiger partial charge in [0, 0.05) is 26.6 Å². The summed E-state index contributed by atoms with van der Waals surface area (Å²) in [7, 11) is 2.01. The lowest BCUT2D eigenvalue weighted by Crippen LogP contribution is -2.74. The highest BCUT2D eigenvalue weighted by atomic mass is 32.2. The lowest BCUT2D eigenvalue weighted by atomic mass is 9.95. The minimum Gasteiger partial charge on any atom is -0.508 e. The highest BCUT2D eigenvalue weighted by molar-refractivity contribution is 8.13. The van der Waals surface area contributed by atoms with Gasteiger partial charge >= 0.3 is 0 Å². The van der Waals surface area contributed by atoms with E-state index in [0.29, 0.717) is 26.1 Å². The van der Waals surface area contributed by atoms with Crippen molar-refractivity contribution in [3.8, 4) is 5.75 Å². The quantitative estimate of drug-likeness (QED) is 0.620. The van der Waals surface area contributed by atoms with Crippen molar-refractivity contribution in [3.63, 3.8) is 0 Å². The summed E-state index contributed by atoms with van der Waals surface area (Å²) in [6.45, 7) is 1.75. The van der Waals surface area contributed by atoms with Crippen LogP contribution in [0.3, 0.4) is 0 Å². The second kappa shape index (κ2) is 10.4. The molecule has 1 aliphatic carbocycles. The van der Waals surface area contributed by atoms with Gasteiger partial charge in [0.2, 0.25) is 11.8 Å². The molecule has 0 radical (unpaired) electrons. The number of hydrogen-bond donors (Lipinski definition) is 1. The predicted octanol–water partition coefficient (Wildman–Crippen LogP) is 2.67. The summed E-state index contributed by atoms with van der Waals surface area (Å²) < 4.78 is 0. The Morgan fingerprint density at radius 3 is 2.61 bits per heavy atom. The van der Waals surface area contributed by atoms with Crippen LogP contribution < -0.4 is 0 Å². The van der Waals surface area contributed by atoms with Gasteiger partial charge in [0.15, 0.2) is 0 Å². The van der Waals surface area contributed by atoms with Crippen molar-refractivity contribution in [1.82, 2.24) is 19.8 Å². The van der Waals surface area contributed by atoms with Gasteiger partial charge in [-0.1, -0.05) is 60.7 Å². The van der Waals surface area contributed by atoms with Gasteiger partial charge in [0.1, 0.15) is 18.0 Å². The molecule has 0 spiro atoms. The molecule has 3 aliphatic heterocycles. The first-order valence-electron chi connectivity index (χ1n) is 12.9. The molecule has 9 heteroatoms. The van der Waals surface area contributed by atoms with Gasteiger partial charge in [0.05, 0.1) is 29.9 Å². The smallest absolute Gasteiger partial charge is 0.246 e. The van der Waals surface area contributed by atoms with Crippen LogP contribution >= 0.6 is 11.8 Å². The van der Waals surface area contributed by atoms with Crippen molar-refractivity contribution in [2.45, 2.75) is 36.5 Å². The molecule has 4 unspecified atom stereocenters. The maximum absolute atomic E-state index is 14.0. The zero-order chi connectivity index (χ0) is 26.2. The molecule has 4 atom stereocenters. The van der Waals surface area contributed by atoms with Crippen molar-refractivity contribution in [2.24, 2.45) is 4.99 Å². The molecule has 8 nitrogen and oxygen atoms in total. The number of aromatic hydroxyl groups is 1. The zero-order valence-electron chi connectivity index (χ0n) is 21.3. The summed E-state index contributed by atoms with van der Waals surface area (Å²) in [4.78, 5) is 36.0. The van der Waals surface area contributed by atoms with E-state index in [1.807, 2.05) is 47.8 Å². The van der Waals surface area contributed by atoms with Crippen LogP contribution in [-0.4, -0.2) is 92.5 Å². The fourth-order valence-corrected chi connectivity index (χ4v) is 6.69. The number of allylic oxidation sites excluding steroid dienone is 2. The maximum atomic E-state index is 14.0. The Hall–Kier alpha value is -3.40. The first-order chi connectivity index (χ1) is 18.5. The van der Waals surface area contributed by atoms with Crippen LogP contribution in [0, 0.1) is 0 Å². The van der Waals surface area contributed by atoms with Crippen LogP contribution in [0.25, 0.3) is 0 Å². The van der Waals surface area contributed by atoms with E-state index < -0.39 is 6.04 Å². The molecule has 6 rings (SSSR count). The second-order valence-electron chi connectivity index (χ2n) is 10.2. The monoisotopic (exact) mass is 529 g/mol. The number of hydrazine groups is 1. The Balaban J connectivity index is 1.30. The summed E-state index contributed by atoms with van der Waals surface area (Å²) in [6, 6.07) is 16.4. The Kier molecular flexibility index (Phi) is 6.82. The summed E-state index contributed by atoms with van der Waals surface area (Å²) in [6.07, 6.45) is 6.41. The van der Waals surface area contributed by atoms with Gasteiger partial charge in [-0.05, 0) is 28.8 Å². The zero-order valence-corrected chi connectivity index (χ0v) is 22.1. The van der Waals surface area contributed by atoms with Crippen LogP contribution in [0.15, 0.2) is 83.4 Å². The number of rotatable bonds is 6. The third-order valence-electron chi connectivity index (χ3n) is 7.81. The molecule has 0 bridgehead atoms. The maximum Gasteiger partial charge on any atom is 0.246 e. The fourth-order valence-electron chi connectivity index (χ4n) is 5.78. The van der Waals surface area contributed by atoms with Crippen LogP contribution in [0.5, 0.6) is 5.75 Å². The van der Waals surface area contributed by atoms with Crippen molar-refractivity contribution < 1.29 is 14.7 Å². The highest BCUT2D eigenvalue weighted by Gasteiger charge is 2.49. The van der Waals surface area contributed by atoms with Gasteiger partial charge in [-0.25, -0.2) is 10.0 Å². The number of nitrogens with zero attached hydrogens (tertiary/aromatic N) is 5. The van der Waals surface area contributed by atoms with Crippen molar-refractivity contribution in [2.75, 3.05) is 26.7 Å². The van der Waals surface area contributed by atoms with Gasteiger partial charge in [-0.3, -0.25) is 14.6 Å². The molecule has 2 aromatic carbocycles. The van der Waals surface area contributed by atoms with E-state index in [-0.39, 0.29) is 41.6 Å². The van der Waals surface area contributed by atoms with Crippen molar-refractivity contribution >= 4 is 29.1 Å². The number of amides is 2. The van der Waals surface area contributed by atoms with Crippen LogP contribution in [-0.2, 0) is 22.6 Å². The number of phenols is 1. The molecular weight excluding hydrogens is 498 g/mol. The third-order valence-corrected chi connectivity index (χ3v) is 8.78. The number of fused-ring (bicyclic) bond motifs is 2. The summed E-state index contributed by atoms with van der Waals surface area (Å²) in [5.74, 6) is 0.0853. The van der Waals surface area contributed by atoms with Crippen LogP contribution in [0.1, 0.15) is 11.1 Å². The normalized spacial score (nSPS) is 27.4. The first kappa shape index (κ1) is 24.9. The molecule has 2 fully saturated rings. The molecule has 0 saturated carbocycles. The summed E-state index contributed by atoms with van der Waals surface area (Å²) >= 11 is 1.71. The first-order valence-corrected chi connectivity index (χ1v) is 13.9. The third kappa shape index (κ3) is 4.77. The lowest BCUT2D eigenvalue weighted by molar-refractivity contribution is -0.198. The number of piperazine rings is 1. The topological polar surface area (TPSA) is 79.7 Å².